The highest BCUT2D eigenvalue weighted by Gasteiger charge is 2.00. The van der Waals surface area contributed by atoms with Crippen molar-refractivity contribution in [1.29, 1.82) is 5.26 Å². The van der Waals surface area contributed by atoms with Crippen molar-refractivity contribution in [1.82, 2.24) is 9.97 Å². The van der Waals surface area contributed by atoms with Crippen LogP contribution in [0, 0.1) is 11.3 Å². The number of thiophene rings is 1. The van der Waals surface area contributed by atoms with Crippen molar-refractivity contribution < 1.29 is 0 Å². The number of halogens is 1. The summed E-state index contributed by atoms with van der Waals surface area (Å²) in [4.78, 5) is 9.35. The van der Waals surface area contributed by atoms with E-state index >= 15 is 0 Å². The van der Waals surface area contributed by atoms with E-state index in [9.17, 15) is 0 Å². The molecule has 0 aromatic carbocycles. The summed E-state index contributed by atoms with van der Waals surface area (Å²) in [7, 11) is 0. The fourth-order valence-electron chi connectivity index (χ4n) is 1.30. The Morgan fingerprint density at radius 2 is 2.06 bits per heavy atom. The lowest BCUT2D eigenvalue weighted by Crippen LogP contribution is -2.04. The van der Waals surface area contributed by atoms with Crippen molar-refractivity contribution in [2.45, 2.75) is 6.54 Å². The van der Waals surface area contributed by atoms with Gasteiger partial charge in [-0.1, -0.05) is 0 Å². The third-order valence-electron chi connectivity index (χ3n) is 2.08. The van der Waals surface area contributed by atoms with E-state index in [0.717, 1.165) is 10.3 Å². The zero-order chi connectivity index (χ0) is 12.8. The summed E-state index contributed by atoms with van der Waals surface area (Å²) in [5.74, 6) is 1.37. The maximum absolute atomic E-state index is 8.48. The van der Waals surface area contributed by atoms with Gasteiger partial charge in [0, 0.05) is 20.8 Å². The lowest BCUT2D eigenvalue weighted by Gasteiger charge is -2.05. The number of nitrogens with zero attached hydrogens (tertiary/aromatic N) is 3. The van der Waals surface area contributed by atoms with E-state index in [2.05, 4.69) is 42.6 Å². The second kappa shape index (κ2) is 6.33. The molecular formula is C11H10BrN5S. The van der Waals surface area contributed by atoms with Crippen molar-refractivity contribution in [2.75, 3.05) is 17.2 Å². The minimum absolute atomic E-state index is 0.230. The molecular weight excluding hydrogens is 314 g/mol. The molecule has 2 aromatic heterocycles. The molecule has 0 spiro atoms. The SMILES string of the molecule is N#CCNc1cc(NCc2cc(Br)cs2)ncn1. The number of hydrogen-bond acceptors (Lipinski definition) is 6. The molecule has 0 saturated heterocycles. The molecule has 0 radical (unpaired) electrons. The Labute approximate surface area is 117 Å². The first-order valence-corrected chi connectivity index (χ1v) is 6.85. The first kappa shape index (κ1) is 12.8. The van der Waals surface area contributed by atoms with Gasteiger partial charge in [0.1, 0.15) is 24.5 Å². The number of rotatable bonds is 5. The smallest absolute Gasteiger partial charge is 0.132 e. The average molecular weight is 324 g/mol. The van der Waals surface area contributed by atoms with Gasteiger partial charge in [-0.15, -0.1) is 11.3 Å². The molecule has 2 aromatic rings. The first-order valence-electron chi connectivity index (χ1n) is 5.17. The van der Waals surface area contributed by atoms with Gasteiger partial charge in [0.25, 0.3) is 0 Å². The van der Waals surface area contributed by atoms with Gasteiger partial charge in [-0.05, 0) is 22.0 Å². The standard InChI is InChI=1S/C11H10BrN5S/c12-8-3-9(18-6-8)5-15-11-4-10(14-2-1-13)16-7-17-11/h3-4,6-7H,2,5H2,(H2,14,15,16,17). The molecule has 92 valence electrons. The zero-order valence-corrected chi connectivity index (χ0v) is 11.8. The van der Waals surface area contributed by atoms with E-state index in [-0.39, 0.29) is 6.54 Å². The van der Waals surface area contributed by atoms with Crippen molar-refractivity contribution in [3.63, 3.8) is 0 Å². The lowest BCUT2D eigenvalue weighted by molar-refractivity contribution is 1.09. The number of nitrogens with one attached hydrogen (secondary N) is 2. The van der Waals surface area contributed by atoms with Crippen LogP contribution in [0.2, 0.25) is 0 Å². The molecule has 0 fully saturated rings. The van der Waals surface area contributed by atoms with E-state index in [1.54, 1.807) is 17.4 Å². The van der Waals surface area contributed by atoms with Crippen LogP contribution >= 0.6 is 27.3 Å². The Bertz CT molecular complexity index is 563. The number of hydrogen-bond donors (Lipinski definition) is 2. The van der Waals surface area contributed by atoms with Crippen LogP contribution in [0.15, 0.2) is 28.3 Å². The van der Waals surface area contributed by atoms with Crippen LogP contribution in [0.1, 0.15) is 4.88 Å². The monoisotopic (exact) mass is 323 g/mol. The second-order valence-corrected chi connectivity index (χ2v) is 5.30. The molecule has 7 heteroatoms. The van der Waals surface area contributed by atoms with Crippen LogP contribution in [-0.2, 0) is 6.54 Å². The predicted octanol–water partition coefficient (Wildman–Crippen LogP) is 2.85. The summed E-state index contributed by atoms with van der Waals surface area (Å²) < 4.78 is 1.09. The van der Waals surface area contributed by atoms with Gasteiger partial charge >= 0.3 is 0 Å². The van der Waals surface area contributed by atoms with Crippen molar-refractivity contribution in [3.8, 4) is 6.07 Å². The van der Waals surface area contributed by atoms with E-state index in [4.69, 9.17) is 5.26 Å². The highest BCUT2D eigenvalue weighted by Crippen LogP contribution is 2.20. The Morgan fingerprint density at radius 1 is 1.28 bits per heavy atom. The Balaban J connectivity index is 1.95. The number of anilines is 2. The summed E-state index contributed by atoms with van der Waals surface area (Å²) in [5, 5.41) is 16.6. The number of nitriles is 1. The maximum atomic E-state index is 8.48. The Kier molecular flexibility index (Phi) is 4.50. The van der Waals surface area contributed by atoms with E-state index in [1.165, 1.54) is 11.2 Å². The molecule has 0 amide bonds. The molecule has 2 heterocycles. The van der Waals surface area contributed by atoms with Gasteiger partial charge < -0.3 is 10.6 Å². The molecule has 18 heavy (non-hydrogen) atoms. The third-order valence-corrected chi connectivity index (χ3v) is 3.78. The normalized spacial score (nSPS) is 9.78. The molecule has 2 N–H and O–H groups in total. The summed E-state index contributed by atoms with van der Waals surface area (Å²) in [6, 6.07) is 5.84. The van der Waals surface area contributed by atoms with E-state index in [1.807, 2.05) is 11.4 Å². The fraction of sp³-hybridized carbons (Fsp3) is 0.182. The van der Waals surface area contributed by atoms with Gasteiger partial charge in [0.2, 0.25) is 0 Å². The van der Waals surface area contributed by atoms with Gasteiger partial charge in [-0.3, -0.25) is 0 Å². The van der Waals surface area contributed by atoms with Gasteiger partial charge in [-0.2, -0.15) is 5.26 Å². The third kappa shape index (κ3) is 3.68. The van der Waals surface area contributed by atoms with Crippen molar-refractivity contribution in [2.24, 2.45) is 0 Å². The summed E-state index contributed by atoms with van der Waals surface area (Å²) in [6.07, 6.45) is 1.46. The van der Waals surface area contributed by atoms with Crippen LogP contribution < -0.4 is 10.6 Å². The van der Waals surface area contributed by atoms with Crippen LogP contribution in [-0.4, -0.2) is 16.5 Å². The molecule has 5 nitrogen and oxygen atoms in total. The first-order chi connectivity index (χ1) is 8.78. The van der Waals surface area contributed by atoms with Gasteiger partial charge in [0.05, 0.1) is 12.6 Å². The highest BCUT2D eigenvalue weighted by molar-refractivity contribution is 9.10. The molecule has 0 saturated carbocycles. The van der Waals surface area contributed by atoms with Crippen LogP contribution in [0.25, 0.3) is 0 Å². The second-order valence-electron chi connectivity index (χ2n) is 3.38. The van der Waals surface area contributed by atoms with Crippen LogP contribution in [0.4, 0.5) is 11.6 Å². The molecule has 0 aliphatic heterocycles. The number of aromatic nitrogens is 2. The predicted molar refractivity (Wildman–Crippen MR) is 75.5 cm³/mol. The quantitative estimate of drug-likeness (QED) is 0.828. The molecule has 2 rings (SSSR count). The largest absolute Gasteiger partial charge is 0.365 e. The zero-order valence-electron chi connectivity index (χ0n) is 9.35. The van der Waals surface area contributed by atoms with Crippen molar-refractivity contribution >= 4 is 38.9 Å². The maximum Gasteiger partial charge on any atom is 0.132 e. The van der Waals surface area contributed by atoms with E-state index in [0.29, 0.717) is 12.4 Å². The van der Waals surface area contributed by atoms with Crippen LogP contribution in [0.5, 0.6) is 0 Å². The van der Waals surface area contributed by atoms with Gasteiger partial charge in [-0.25, -0.2) is 9.97 Å². The molecule has 0 bridgehead atoms. The lowest BCUT2D eigenvalue weighted by atomic mass is 10.4. The fourth-order valence-corrected chi connectivity index (χ4v) is 2.70. The summed E-state index contributed by atoms with van der Waals surface area (Å²) >= 11 is 5.09. The summed E-state index contributed by atoms with van der Waals surface area (Å²) in [5.41, 5.74) is 0. The van der Waals surface area contributed by atoms with E-state index < -0.39 is 0 Å². The molecule has 0 aliphatic rings. The van der Waals surface area contributed by atoms with Gasteiger partial charge in [0.15, 0.2) is 0 Å². The Morgan fingerprint density at radius 3 is 2.72 bits per heavy atom. The minimum Gasteiger partial charge on any atom is -0.365 e. The molecule has 0 unspecified atom stereocenters. The Hall–Kier alpha value is -1.65. The summed E-state index contributed by atoms with van der Waals surface area (Å²) in [6.45, 7) is 0.944. The molecule has 0 atom stereocenters. The topological polar surface area (TPSA) is 73.6 Å². The molecule has 0 aliphatic carbocycles. The van der Waals surface area contributed by atoms with Crippen LogP contribution in [0.3, 0.4) is 0 Å². The average Bonchev–Trinajstić information content (AvgIpc) is 2.80. The minimum atomic E-state index is 0.230. The highest BCUT2D eigenvalue weighted by atomic mass is 79.9. The van der Waals surface area contributed by atoms with Crippen molar-refractivity contribution in [3.05, 3.63) is 33.2 Å².